The Morgan fingerprint density at radius 3 is 2.62 bits per heavy atom. The number of aromatic nitrogens is 2. The molecule has 1 heterocycles. The average Bonchev–Trinajstić information content (AvgIpc) is 2.59. The number of urea groups is 1. The second-order valence-electron chi connectivity index (χ2n) is 5.82. The van der Waals surface area contributed by atoms with E-state index < -0.39 is 6.04 Å². The van der Waals surface area contributed by atoms with Crippen molar-refractivity contribution >= 4 is 50.2 Å². The van der Waals surface area contributed by atoms with Crippen molar-refractivity contribution in [3.8, 4) is 0 Å². The summed E-state index contributed by atoms with van der Waals surface area (Å²) in [6.07, 6.45) is 0. The largest absolute Gasteiger partial charge is 0.328 e. The zero-order valence-electron chi connectivity index (χ0n) is 14.1. The van der Waals surface area contributed by atoms with E-state index in [1.54, 1.807) is 44.3 Å². The molecule has 3 aromatic rings. The molecule has 0 fully saturated rings. The smallest absolute Gasteiger partial charge is 0.319 e. The Kier molecular flexibility index (Phi) is 5.29. The minimum atomic E-state index is -0.480. The molecule has 0 radical (unpaired) electrons. The van der Waals surface area contributed by atoms with Gasteiger partial charge in [-0.3, -0.25) is 9.36 Å². The predicted octanol–water partition coefficient (Wildman–Crippen LogP) is 4.23. The molecular formula is C18H16BrClN4O2. The van der Waals surface area contributed by atoms with Gasteiger partial charge >= 0.3 is 6.03 Å². The molecule has 26 heavy (non-hydrogen) atoms. The molecule has 8 heteroatoms. The fraction of sp³-hybridized carbons (Fsp3) is 0.167. The zero-order valence-corrected chi connectivity index (χ0v) is 16.4. The fourth-order valence-electron chi connectivity index (χ4n) is 2.61. The number of halogens is 2. The monoisotopic (exact) mass is 434 g/mol. The predicted molar refractivity (Wildman–Crippen MR) is 107 cm³/mol. The van der Waals surface area contributed by atoms with Gasteiger partial charge in [-0.15, -0.1) is 0 Å². The number of carbonyl (C=O) groups excluding carboxylic acids is 1. The normalized spacial score (nSPS) is 12.0. The summed E-state index contributed by atoms with van der Waals surface area (Å²) in [6.45, 7) is 1.76. The first-order chi connectivity index (χ1) is 12.3. The summed E-state index contributed by atoms with van der Waals surface area (Å²) in [7, 11) is 1.63. The summed E-state index contributed by atoms with van der Waals surface area (Å²) >= 11 is 9.34. The molecule has 134 valence electrons. The Labute approximate surface area is 163 Å². The molecular weight excluding hydrogens is 420 g/mol. The minimum Gasteiger partial charge on any atom is -0.328 e. The van der Waals surface area contributed by atoms with E-state index in [9.17, 15) is 9.59 Å². The van der Waals surface area contributed by atoms with E-state index in [-0.39, 0.29) is 11.6 Å². The first-order valence-electron chi connectivity index (χ1n) is 7.84. The van der Waals surface area contributed by atoms with Crippen LogP contribution in [-0.4, -0.2) is 15.6 Å². The average molecular weight is 436 g/mol. The Morgan fingerprint density at radius 1 is 1.23 bits per heavy atom. The van der Waals surface area contributed by atoms with Crippen LogP contribution in [0.1, 0.15) is 18.8 Å². The maximum atomic E-state index is 12.5. The highest BCUT2D eigenvalue weighted by Gasteiger charge is 2.16. The second kappa shape index (κ2) is 7.47. The van der Waals surface area contributed by atoms with E-state index in [4.69, 9.17) is 11.6 Å². The molecule has 0 aliphatic rings. The fourth-order valence-corrected chi connectivity index (χ4v) is 3.04. The number of rotatable bonds is 3. The third-order valence-corrected chi connectivity index (χ3v) is 4.67. The van der Waals surface area contributed by atoms with Crippen molar-refractivity contribution in [3.63, 3.8) is 0 Å². The number of hydrogen-bond acceptors (Lipinski definition) is 3. The lowest BCUT2D eigenvalue weighted by Gasteiger charge is -2.17. The Balaban J connectivity index is 1.84. The van der Waals surface area contributed by atoms with Crippen LogP contribution in [0.3, 0.4) is 0 Å². The van der Waals surface area contributed by atoms with Gasteiger partial charge in [-0.1, -0.05) is 27.5 Å². The molecule has 0 aliphatic carbocycles. The van der Waals surface area contributed by atoms with E-state index in [1.165, 1.54) is 4.57 Å². The highest BCUT2D eigenvalue weighted by Crippen LogP contribution is 2.18. The summed E-state index contributed by atoms with van der Waals surface area (Å²) in [6, 6.07) is 11.3. The van der Waals surface area contributed by atoms with Crippen molar-refractivity contribution in [1.82, 2.24) is 14.9 Å². The minimum absolute atomic E-state index is 0.191. The quantitative estimate of drug-likeness (QED) is 0.646. The Bertz CT molecular complexity index is 1030. The molecule has 1 unspecified atom stereocenters. The van der Waals surface area contributed by atoms with Gasteiger partial charge in [-0.05, 0) is 49.4 Å². The number of carbonyl (C=O) groups is 1. The lowest BCUT2D eigenvalue weighted by atomic mass is 10.2. The van der Waals surface area contributed by atoms with E-state index in [1.807, 2.05) is 12.1 Å². The SMILES string of the molecule is CC(NC(=O)Nc1ccc(Br)cc1)c1nc2cc(Cl)ccc2c(=O)n1C. The topological polar surface area (TPSA) is 76.0 Å². The van der Waals surface area contributed by atoms with Gasteiger partial charge in [-0.25, -0.2) is 9.78 Å². The molecule has 0 saturated heterocycles. The van der Waals surface area contributed by atoms with Gasteiger partial charge in [0.2, 0.25) is 0 Å². The second-order valence-corrected chi connectivity index (χ2v) is 7.17. The first kappa shape index (κ1) is 18.4. The van der Waals surface area contributed by atoms with E-state index in [0.29, 0.717) is 27.4 Å². The molecule has 1 aromatic heterocycles. The van der Waals surface area contributed by atoms with Gasteiger partial charge in [-0.2, -0.15) is 0 Å². The number of anilines is 1. The van der Waals surface area contributed by atoms with E-state index in [0.717, 1.165) is 4.47 Å². The van der Waals surface area contributed by atoms with Crippen molar-refractivity contribution in [3.05, 3.63) is 68.1 Å². The highest BCUT2D eigenvalue weighted by molar-refractivity contribution is 9.10. The van der Waals surface area contributed by atoms with Crippen molar-refractivity contribution in [2.75, 3.05) is 5.32 Å². The molecule has 0 saturated carbocycles. The maximum absolute atomic E-state index is 12.5. The number of fused-ring (bicyclic) bond motifs is 1. The summed E-state index contributed by atoms with van der Waals surface area (Å²) < 4.78 is 2.35. The van der Waals surface area contributed by atoms with Crippen LogP contribution in [0, 0.1) is 0 Å². The number of benzene rings is 2. The molecule has 0 spiro atoms. The number of amides is 2. The summed E-state index contributed by atoms with van der Waals surface area (Å²) in [5.41, 5.74) is 0.964. The van der Waals surface area contributed by atoms with E-state index >= 15 is 0 Å². The summed E-state index contributed by atoms with van der Waals surface area (Å²) in [4.78, 5) is 29.2. The van der Waals surface area contributed by atoms with Crippen LogP contribution in [0.2, 0.25) is 5.02 Å². The molecule has 2 amide bonds. The standard InChI is InChI=1S/C18H16BrClN4O2/c1-10(21-18(26)22-13-6-3-11(19)4-7-13)16-23-15-9-12(20)5-8-14(15)17(25)24(16)2/h3-10H,1-2H3,(H2,21,22,26). The molecule has 3 rings (SSSR count). The van der Waals surface area contributed by atoms with Crippen LogP contribution in [0.25, 0.3) is 10.9 Å². The number of hydrogen-bond donors (Lipinski definition) is 2. The molecule has 2 N–H and O–H groups in total. The summed E-state index contributed by atoms with van der Waals surface area (Å²) in [5.74, 6) is 0.440. The van der Waals surface area contributed by atoms with Crippen LogP contribution in [0.4, 0.5) is 10.5 Å². The van der Waals surface area contributed by atoms with Gasteiger partial charge in [0, 0.05) is 22.2 Å². The maximum Gasteiger partial charge on any atom is 0.319 e. The van der Waals surface area contributed by atoms with Crippen molar-refractivity contribution in [1.29, 1.82) is 0 Å². The molecule has 0 aliphatic heterocycles. The highest BCUT2D eigenvalue weighted by atomic mass is 79.9. The van der Waals surface area contributed by atoms with Crippen molar-refractivity contribution in [2.24, 2.45) is 7.05 Å². The van der Waals surface area contributed by atoms with Gasteiger partial charge in [0.1, 0.15) is 5.82 Å². The molecule has 0 bridgehead atoms. The van der Waals surface area contributed by atoms with Crippen LogP contribution < -0.4 is 16.2 Å². The van der Waals surface area contributed by atoms with Gasteiger partial charge in [0.25, 0.3) is 5.56 Å². The lowest BCUT2D eigenvalue weighted by molar-refractivity contribution is 0.248. The molecule has 6 nitrogen and oxygen atoms in total. The van der Waals surface area contributed by atoms with Gasteiger partial charge in [0.05, 0.1) is 16.9 Å². The molecule has 2 aromatic carbocycles. The van der Waals surface area contributed by atoms with Crippen LogP contribution >= 0.6 is 27.5 Å². The number of nitrogens with zero attached hydrogens (tertiary/aromatic N) is 2. The van der Waals surface area contributed by atoms with Gasteiger partial charge < -0.3 is 10.6 Å². The molecule has 1 atom stereocenters. The van der Waals surface area contributed by atoms with Crippen LogP contribution in [0.5, 0.6) is 0 Å². The number of nitrogens with one attached hydrogen (secondary N) is 2. The van der Waals surface area contributed by atoms with Crippen LogP contribution in [0.15, 0.2) is 51.7 Å². The van der Waals surface area contributed by atoms with Gasteiger partial charge in [0.15, 0.2) is 0 Å². The third-order valence-electron chi connectivity index (χ3n) is 3.91. The van der Waals surface area contributed by atoms with Crippen molar-refractivity contribution < 1.29 is 4.79 Å². The lowest BCUT2D eigenvalue weighted by Crippen LogP contribution is -2.35. The first-order valence-corrected chi connectivity index (χ1v) is 9.01. The van der Waals surface area contributed by atoms with Crippen molar-refractivity contribution in [2.45, 2.75) is 13.0 Å². The Morgan fingerprint density at radius 2 is 1.92 bits per heavy atom. The van der Waals surface area contributed by atoms with Crippen LogP contribution in [-0.2, 0) is 7.05 Å². The summed E-state index contributed by atoms with van der Waals surface area (Å²) in [5, 5.41) is 6.51. The third kappa shape index (κ3) is 3.89. The Hall–Kier alpha value is -2.38. The van der Waals surface area contributed by atoms with E-state index in [2.05, 4.69) is 31.5 Å². The zero-order chi connectivity index (χ0) is 18.8.